The highest BCUT2D eigenvalue weighted by molar-refractivity contribution is 7.17. The molecule has 27 heavy (non-hydrogen) atoms. The van der Waals surface area contributed by atoms with Gasteiger partial charge in [0.2, 0.25) is 0 Å². The second kappa shape index (κ2) is 8.84. The molecule has 1 aliphatic rings. The summed E-state index contributed by atoms with van der Waals surface area (Å²) in [6.07, 6.45) is 1.96. The third-order valence-corrected chi connectivity index (χ3v) is 5.57. The number of nitrogens with zero attached hydrogens (tertiary/aromatic N) is 3. The number of hydrogen-bond donors (Lipinski definition) is 0. The van der Waals surface area contributed by atoms with Crippen molar-refractivity contribution in [2.24, 2.45) is 5.10 Å². The van der Waals surface area contributed by atoms with Gasteiger partial charge in [0, 0.05) is 18.0 Å². The number of anilines is 2. The normalized spacial score (nSPS) is 14.6. The molecule has 0 aliphatic carbocycles. The molecule has 1 aliphatic heterocycles. The van der Waals surface area contributed by atoms with Crippen LogP contribution in [0.15, 0.2) is 77.9 Å². The van der Waals surface area contributed by atoms with Crippen LogP contribution in [0, 0.1) is 0 Å². The average molecular weight is 378 g/mol. The third kappa shape index (κ3) is 4.76. The van der Waals surface area contributed by atoms with Crippen LogP contribution in [0.2, 0.25) is 0 Å². The Balaban J connectivity index is 1.51. The fraction of sp³-hybridized carbons (Fsp3) is 0.227. The molecule has 0 radical (unpaired) electrons. The van der Waals surface area contributed by atoms with E-state index < -0.39 is 0 Å². The van der Waals surface area contributed by atoms with Crippen LogP contribution >= 0.6 is 11.3 Å². The summed E-state index contributed by atoms with van der Waals surface area (Å²) in [5.41, 5.74) is 2.32. The number of rotatable bonds is 6. The first kappa shape index (κ1) is 17.8. The molecule has 0 unspecified atom stereocenters. The Kier molecular flexibility index (Phi) is 5.82. The maximum absolute atomic E-state index is 5.44. The van der Waals surface area contributed by atoms with E-state index in [9.17, 15) is 0 Å². The number of hydrazone groups is 1. The summed E-state index contributed by atoms with van der Waals surface area (Å²) in [5, 5.41) is 8.12. The van der Waals surface area contributed by atoms with Gasteiger partial charge in [-0.3, -0.25) is 5.01 Å². The van der Waals surface area contributed by atoms with E-state index in [0.717, 1.165) is 43.4 Å². The number of thiophene rings is 1. The minimum Gasteiger partial charge on any atom is -0.378 e. The lowest BCUT2D eigenvalue weighted by molar-refractivity contribution is 0.123. The van der Waals surface area contributed by atoms with Gasteiger partial charge in [0.25, 0.3) is 0 Å². The van der Waals surface area contributed by atoms with E-state index in [1.165, 1.54) is 10.6 Å². The van der Waals surface area contributed by atoms with E-state index in [-0.39, 0.29) is 0 Å². The quantitative estimate of drug-likeness (QED) is 0.463. The lowest BCUT2D eigenvalue weighted by atomic mass is 10.2. The molecule has 1 saturated heterocycles. The minimum atomic E-state index is 0.739. The molecular formula is C22H23N3OS. The summed E-state index contributed by atoms with van der Waals surface area (Å²) >= 11 is 1.78. The maximum Gasteiger partial charge on any atom is 0.0916 e. The molecule has 2 aromatic carbocycles. The topological polar surface area (TPSA) is 28.1 Å². The summed E-state index contributed by atoms with van der Waals surface area (Å²) in [5.74, 6) is 0. The van der Waals surface area contributed by atoms with Crippen LogP contribution in [0.5, 0.6) is 0 Å². The number of morpholine rings is 1. The van der Waals surface area contributed by atoms with Gasteiger partial charge in [-0.1, -0.05) is 48.5 Å². The molecule has 0 spiro atoms. The Morgan fingerprint density at radius 1 is 0.926 bits per heavy atom. The Morgan fingerprint density at radius 3 is 2.37 bits per heavy atom. The van der Waals surface area contributed by atoms with Gasteiger partial charge in [0.1, 0.15) is 0 Å². The highest BCUT2D eigenvalue weighted by Gasteiger charge is 2.13. The molecule has 0 N–H and O–H groups in total. The lowest BCUT2D eigenvalue weighted by Gasteiger charge is -2.27. The van der Waals surface area contributed by atoms with E-state index in [0.29, 0.717) is 0 Å². The monoisotopic (exact) mass is 377 g/mol. The first-order valence-electron chi connectivity index (χ1n) is 9.21. The number of benzene rings is 2. The molecule has 0 saturated carbocycles. The van der Waals surface area contributed by atoms with Gasteiger partial charge in [-0.25, -0.2) is 0 Å². The van der Waals surface area contributed by atoms with E-state index >= 15 is 0 Å². The molecule has 0 bridgehead atoms. The minimum absolute atomic E-state index is 0.739. The molecule has 2 heterocycles. The summed E-state index contributed by atoms with van der Waals surface area (Å²) in [4.78, 5) is 3.54. The van der Waals surface area contributed by atoms with Crippen molar-refractivity contribution < 1.29 is 4.74 Å². The number of ether oxygens (including phenoxy) is 1. The van der Waals surface area contributed by atoms with E-state index in [2.05, 4.69) is 53.4 Å². The Hall–Kier alpha value is -2.63. The van der Waals surface area contributed by atoms with Crippen molar-refractivity contribution in [1.29, 1.82) is 0 Å². The Bertz CT molecular complexity index is 858. The number of hydrogen-bond acceptors (Lipinski definition) is 5. The van der Waals surface area contributed by atoms with Gasteiger partial charge in [-0.15, -0.1) is 11.3 Å². The van der Waals surface area contributed by atoms with Gasteiger partial charge < -0.3 is 9.64 Å². The molecule has 1 fully saturated rings. The molecular weight excluding hydrogens is 354 g/mol. The largest absolute Gasteiger partial charge is 0.378 e. The third-order valence-electron chi connectivity index (χ3n) is 4.49. The molecule has 0 atom stereocenters. The van der Waals surface area contributed by atoms with Gasteiger partial charge in [0.15, 0.2) is 0 Å². The zero-order valence-corrected chi connectivity index (χ0v) is 16.0. The van der Waals surface area contributed by atoms with Crippen LogP contribution in [0.1, 0.15) is 10.4 Å². The second-order valence-corrected chi connectivity index (χ2v) is 7.49. The van der Waals surface area contributed by atoms with Crippen LogP contribution < -0.4 is 9.91 Å². The summed E-state index contributed by atoms with van der Waals surface area (Å²) in [7, 11) is 0. The predicted molar refractivity (Wildman–Crippen MR) is 114 cm³/mol. The standard InChI is InChI=1S/C22H23N3OS/c1-3-7-19(8-4-1)18-25(20-9-5-2-6-10-20)23-17-21-11-12-22(27-21)24-13-15-26-16-14-24/h1-12,17H,13-16,18H2. The van der Waals surface area contributed by atoms with Crippen molar-refractivity contribution in [2.45, 2.75) is 6.54 Å². The van der Waals surface area contributed by atoms with E-state index in [1.54, 1.807) is 11.3 Å². The first-order valence-corrected chi connectivity index (χ1v) is 10.0. The van der Waals surface area contributed by atoms with Crippen molar-refractivity contribution in [3.63, 3.8) is 0 Å². The van der Waals surface area contributed by atoms with Gasteiger partial charge in [0.05, 0.1) is 36.7 Å². The Morgan fingerprint density at radius 2 is 1.63 bits per heavy atom. The zero-order valence-electron chi connectivity index (χ0n) is 15.2. The van der Waals surface area contributed by atoms with Crippen molar-refractivity contribution in [1.82, 2.24) is 0 Å². The highest BCUT2D eigenvalue weighted by Crippen LogP contribution is 2.26. The van der Waals surface area contributed by atoms with Crippen molar-refractivity contribution in [3.8, 4) is 0 Å². The molecule has 138 valence electrons. The highest BCUT2D eigenvalue weighted by atomic mass is 32.1. The fourth-order valence-electron chi connectivity index (χ4n) is 3.05. The second-order valence-electron chi connectivity index (χ2n) is 6.40. The summed E-state index contributed by atoms with van der Waals surface area (Å²) in [6, 6.07) is 25.1. The van der Waals surface area contributed by atoms with E-state index in [4.69, 9.17) is 9.84 Å². The van der Waals surface area contributed by atoms with Crippen LogP contribution in [-0.4, -0.2) is 32.5 Å². The van der Waals surface area contributed by atoms with Crippen LogP contribution in [0.3, 0.4) is 0 Å². The zero-order chi connectivity index (χ0) is 18.3. The van der Waals surface area contributed by atoms with Crippen LogP contribution in [-0.2, 0) is 11.3 Å². The van der Waals surface area contributed by atoms with Crippen LogP contribution in [0.4, 0.5) is 10.7 Å². The summed E-state index contributed by atoms with van der Waals surface area (Å²) in [6.45, 7) is 4.27. The molecule has 4 rings (SSSR count). The molecule has 3 aromatic rings. The van der Waals surface area contributed by atoms with Crippen molar-refractivity contribution in [2.75, 3.05) is 36.2 Å². The van der Waals surface area contributed by atoms with Gasteiger partial charge >= 0.3 is 0 Å². The van der Waals surface area contributed by atoms with E-state index in [1.807, 2.05) is 35.5 Å². The molecule has 0 amide bonds. The fourth-order valence-corrected chi connectivity index (χ4v) is 3.97. The molecule has 4 nitrogen and oxygen atoms in total. The summed E-state index contributed by atoms with van der Waals surface area (Å²) < 4.78 is 5.44. The Labute approximate surface area is 164 Å². The van der Waals surface area contributed by atoms with Crippen molar-refractivity contribution >= 4 is 28.2 Å². The van der Waals surface area contributed by atoms with Crippen LogP contribution in [0.25, 0.3) is 0 Å². The maximum atomic E-state index is 5.44. The predicted octanol–water partition coefficient (Wildman–Crippen LogP) is 4.63. The molecule has 5 heteroatoms. The van der Waals surface area contributed by atoms with Gasteiger partial charge in [-0.05, 0) is 29.8 Å². The molecule has 1 aromatic heterocycles. The lowest BCUT2D eigenvalue weighted by Crippen LogP contribution is -2.35. The SMILES string of the molecule is C(=NN(Cc1ccccc1)c1ccccc1)c1ccc(N2CCOCC2)s1. The number of para-hydroxylation sites is 1. The average Bonchev–Trinajstić information content (AvgIpc) is 3.22. The van der Waals surface area contributed by atoms with Gasteiger partial charge in [-0.2, -0.15) is 5.10 Å². The van der Waals surface area contributed by atoms with Crippen molar-refractivity contribution in [3.05, 3.63) is 83.2 Å². The smallest absolute Gasteiger partial charge is 0.0916 e. The first-order chi connectivity index (χ1) is 13.4.